The van der Waals surface area contributed by atoms with Gasteiger partial charge in [0, 0.05) is 0 Å². The smallest absolute Gasteiger partial charge is 0.244 e. The molecule has 2 atom stereocenters. The van der Waals surface area contributed by atoms with Crippen molar-refractivity contribution in [2.45, 2.75) is 25.9 Å². The van der Waals surface area contributed by atoms with Gasteiger partial charge in [0.05, 0.1) is 32.2 Å². The van der Waals surface area contributed by atoms with Crippen LogP contribution in [-0.4, -0.2) is 40.8 Å². The predicted molar refractivity (Wildman–Crippen MR) is 109 cm³/mol. The first-order chi connectivity index (χ1) is 13.2. The van der Waals surface area contributed by atoms with Crippen LogP contribution in [-0.2, 0) is 14.8 Å². The van der Waals surface area contributed by atoms with E-state index in [2.05, 4.69) is 5.32 Å². The lowest BCUT2D eigenvalue weighted by Crippen LogP contribution is -2.48. The van der Waals surface area contributed by atoms with Gasteiger partial charge in [0.15, 0.2) is 11.5 Å². The molecular weight excluding hydrogens is 380 g/mol. The molecule has 0 saturated carbocycles. The monoisotopic (exact) mass is 406 g/mol. The number of carbonyl (C=O) groups excluding carboxylic acids is 1. The second-order valence-electron chi connectivity index (χ2n) is 6.42. The van der Waals surface area contributed by atoms with E-state index in [-0.39, 0.29) is 6.04 Å². The summed E-state index contributed by atoms with van der Waals surface area (Å²) in [6, 6.07) is 12.6. The fourth-order valence-electron chi connectivity index (χ4n) is 2.92. The zero-order chi connectivity index (χ0) is 20.9. The van der Waals surface area contributed by atoms with Gasteiger partial charge in [-0.05, 0) is 43.7 Å². The van der Waals surface area contributed by atoms with Crippen LogP contribution in [0.2, 0.25) is 0 Å². The van der Waals surface area contributed by atoms with E-state index in [1.807, 2.05) is 13.0 Å². The number of carbonyl (C=O) groups is 1. The molecule has 2 rings (SSSR count). The van der Waals surface area contributed by atoms with Crippen LogP contribution in [0.1, 0.15) is 25.5 Å². The highest BCUT2D eigenvalue weighted by Crippen LogP contribution is 2.30. The van der Waals surface area contributed by atoms with Gasteiger partial charge in [-0.15, -0.1) is 0 Å². The van der Waals surface area contributed by atoms with Gasteiger partial charge in [-0.3, -0.25) is 9.10 Å². The number of hydrogen-bond acceptors (Lipinski definition) is 5. The van der Waals surface area contributed by atoms with Gasteiger partial charge < -0.3 is 14.8 Å². The van der Waals surface area contributed by atoms with E-state index in [0.29, 0.717) is 17.2 Å². The van der Waals surface area contributed by atoms with Crippen molar-refractivity contribution in [2.75, 3.05) is 24.8 Å². The lowest BCUT2D eigenvalue weighted by molar-refractivity contribution is -0.122. The number of para-hydroxylation sites is 1. The Balaban J connectivity index is 2.22. The Hall–Kier alpha value is -2.74. The number of rotatable bonds is 8. The zero-order valence-electron chi connectivity index (χ0n) is 16.7. The molecule has 0 heterocycles. The highest BCUT2D eigenvalue weighted by atomic mass is 32.2. The maximum Gasteiger partial charge on any atom is 0.244 e. The highest BCUT2D eigenvalue weighted by molar-refractivity contribution is 7.92. The van der Waals surface area contributed by atoms with Gasteiger partial charge in [-0.1, -0.05) is 24.3 Å². The molecule has 8 heteroatoms. The van der Waals surface area contributed by atoms with Crippen molar-refractivity contribution >= 4 is 21.6 Å². The van der Waals surface area contributed by atoms with E-state index in [0.717, 1.165) is 16.1 Å². The first-order valence-electron chi connectivity index (χ1n) is 8.75. The molecule has 0 aliphatic rings. The van der Waals surface area contributed by atoms with Gasteiger partial charge in [-0.2, -0.15) is 0 Å². The molecule has 1 amide bonds. The summed E-state index contributed by atoms with van der Waals surface area (Å²) in [6.45, 7) is 3.38. The number of benzene rings is 2. The molecule has 0 bridgehead atoms. The molecule has 0 spiro atoms. The van der Waals surface area contributed by atoms with Crippen LogP contribution < -0.4 is 19.1 Å². The Kier molecular flexibility index (Phi) is 6.90. The third-order valence-electron chi connectivity index (χ3n) is 4.37. The van der Waals surface area contributed by atoms with E-state index in [1.54, 1.807) is 56.5 Å². The second kappa shape index (κ2) is 8.97. The molecule has 0 aromatic heterocycles. The summed E-state index contributed by atoms with van der Waals surface area (Å²) in [4.78, 5) is 12.8. The molecule has 0 unspecified atom stereocenters. The summed E-state index contributed by atoms with van der Waals surface area (Å²) in [6.07, 6.45) is 1.08. The van der Waals surface area contributed by atoms with Gasteiger partial charge in [0.2, 0.25) is 15.9 Å². The molecule has 152 valence electrons. The number of nitrogens with zero attached hydrogens (tertiary/aromatic N) is 1. The minimum Gasteiger partial charge on any atom is -0.493 e. The molecule has 2 aromatic rings. The summed E-state index contributed by atoms with van der Waals surface area (Å²) < 4.78 is 36.2. The fourth-order valence-corrected chi connectivity index (χ4v) is 4.10. The Bertz CT molecular complexity index is 915. The van der Waals surface area contributed by atoms with Crippen LogP contribution in [0.15, 0.2) is 48.5 Å². The number of hydrogen-bond donors (Lipinski definition) is 1. The van der Waals surface area contributed by atoms with Crippen LogP contribution in [0.3, 0.4) is 0 Å². The van der Waals surface area contributed by atoms with Crippen LogP contribution in [0.4, 0.5) is 5.69 Å². The van der Waals surface area contributed by atoms with Crippen molar-refractivity contribution in [2.24, 2.45) is 0 Å². The molecule has 0 fully saturated rings. The van der Waals surface area contributed by atoms with Gasteiger partial charge in [0.1, 0.15) is 6.04 Å². The van der Waals surface area contributed by atoms with Gasteiger partial charge in [-0.25, -0.2) is 8.42 Å². The summed E-state index contributed by atoms with van der Waals surface area (Å²) in [7, 11) is -0.558. The zero-order valence-corrected chi connectivity index (χ0v) is 17.5. The van der Waals surface area contributed by atoms with Crippen molar-refractivity contribution in [3.63, 3.8) is 0 Å². The number of sulfonamides is 1. The lowest BCUT2D eigenvalue weighted by atomic mass is 10.1. The maximum atomic E-state index is 12.8. The second-order valence-corrected chi connectivity index (χ2v) is 8.27. The third-order valence-corrected chi connectivity index (χ3v) is 5.61. The third kappa shape index (κ3) is 4.95. The van der Waals surface area contributed by atoms with E-state index in [9.17, 15) is 13.2 Å². The Morgan fingerprint density at radius 1 is 1.00 bits per heavy atom. The Morgan fingerprint density at radius 3 is 2.14 bits per heavy atom. The summed E-state index contributed by atoms with van der Waals surface area (Å²) in [5.74, 6) is 0.734. The summed E-state index contributed by atoms with van der Waals surface area (Å²) in [5, 5.41) is 2.87. The average Bonchev–Trinajstić information content (AvgIpc) is 2.67. The first-order valence-corrected chi connectivity index (χ1v) is 10.6. The van der Waals surface area contributed by atoms with E-state index in [1.165, 1.54) is 7.11 Å². The van der Waals surface area contributed by atoms with Crippen LogP contribution in [0, 0.1) is 0 Å². The average molecular weight is 407 g/mol. The molecule has 0 aliphatic heterocycles. The highest BCUT2D eigenvalue weighted by Gasteiger charge is 2.29. The van der Waals surface area contributed by atoms with E-state index >= 15 is 0 Å². The minimum absolute atomic E-state index is 0.355. The van der Waals surface area contributed by atoms with Gasteiger partial charge in [0.25, 0.3) is 0 Å². The minimum atomic E-state index is -3.65. The number of anilines is 1. The van der Waals surface area contributed by atoms with Crippen LogP contribution >= 0.6 is 0 Å². The molecule has 7 nitrogen and oxygen atoms in total. The fraction of sp³-hybridized carbons (Fsp3) is 0.350. The number of amides is 1. The van der Waals surface area contributed by atoms with Gasteiger partial charge >= 0.3 is 0 Å². The van der Waals surface area contributed by atoms with E-state index < -0.39 is 22.0 Å². The topological polar surface area (TPSA) is 84.9 Å². The molecule has 28 heavy (non-hydrogen) atoms. The summed E-state index contributed by atoms with van der Waals surface area (Å²) >= 11 is 0. The standard InChI is InChI=1S/C20H26N2O5S/c1-14(16-11-12-18(26-3)19(13-16)27-4)21-20(23)15(2)22(28(5,24)25)17-9-7-6-8-10-17/h6-15H,1-5H3,(H,21,23)/t14-,15-/m0/s1. The van der Waals surface area contributed by atoms with Crippen LogP contribution in [0.5, 0.6) is 11.5 Å². The Morgan fingerprint density at radius 2 is 1.61 bits per heavy atom. The van der Waals surface area contributed by atoms with Crippen molar-refractivity contribution in [1.29, 1.82) is 0 Å². The first kappa shape index (κ1) is 21.6. The SMILES string of the molecule is COc1ccc([C@H](C)NC(=O)[C@H](C)N(c2ccccc2)S(C)(=O)=O)cc1OC. The summed E-state index contributed by atoms with van der Waals surface area (Å²) in [5.41, 5.74) is 1.25. The number of ether oxygens (including phenoxy) is 2. The molecule has 0 saturated heterocycles. The largest absolute Gasteiger partial charge is 0.493 e. The normalized spacial score (nSPS) is 13.3. The van der Waals surface area contributed by atoms with Crippen LogP contribution in [0.25, 0.3) is 0 Å². The molecule has 0 radical (unpaired) electrons. The number of methoxy groups -OCH3 is 2. The van der Waals surface area contributed by atoms with Crippen molar-refractivity contribution in [3.8, 4) is 11.5 Å². The van der Waals surface area contributed by atoms with Crippen molar-refractivity contribution in [3.05, 3.63) is 54.1 Å². The molecule has 2 aromatic carbocycles. The van der Waals surface area contributed by atoms with E-state index in [4.69, 9.17) is 9.47 Å². The number of nitrogens with one attached hydrogen (secondary N) is 1. The maximum absolute atomic E-state index is 12.8. The lowest BCUT2D eigenvalue weighted by Gasteiger charge is -2.29. The predicted octanol–water partition coefficient (Wildman–Crippen LogP) is 2.74. The quantitative estimate of drug-likeness (QED) is 0.729. The molecular formula is C20H26N2O5S. The molecule has 1 N–H and O–H groups in total. The van der Waals surface area contributed by atoms with Crippen molar-refractivity contribution < 1.29 is 22.7 Å². The van der Waals surface area contributed by atoms with Crippen molar-refractivity contribution in [1.82, 2.24) is 5.32 Å². The Labute approximate surface area is 166 Å². The molecule has 0 aliphatic carbocycles.